The van der Waals surface area contributed by atoms with Crippen molar-refractivity contribution in [3.8, 4) is 11.5 Å². The van der Waals surface area contributed by atoms with Crippen LogP contribution in [0.15, 0.2) is 53.7 Å². The lowest BCUT2D eigenvalue weighted by molar-refractivity contribution is 0.213. The van der Waals surface area contributed by atoms with Crippen LogP contribution in [0, 0.1) is 13.8 Å². The molecule has 0 amide bonds. The van der Waals surface area contributed by atoms with Crippen molar-refractivity contribution in [2.45, 2.75) is 59.8 Å². The lowest BCUT2D eigenvalue weighted by Crippen LogP contribution is -2.03. The first-order chi connectivity index (χ1) is 15.1. The molecule has 0 aliphatic rings. The fourth-order valence-electron chi connectivity index (χ4n) is 3.52. The van der Waals surface area contributed by atoms with Gasteiger partial charge in [0.15, 0.2) is 0 Å². The molecule has 2 aromatic rings. The van der Waals surface area contributed by atoms with Gasteiger partial charge in [-0.15, -0.1) is 0 Å². The van der Waals surface area contributed by atoms with Crippen LogP contribution >= 0.6 is 0 Å². The molecule has 0 saturated heterocycles. The van der Waals surface area contributed by atoms with Crippen molar-refractivity contribution in [1.82, 2.24) is 0 Å². The molecule has 168 valence electrons. The third-order valence-corrected chi connectivity index (χ3v) is 5.10. The molecule has 2 rings (SSSR count). The highest BCUT2D eigenvalue weighted by molar-refractivity contribution is 6.00. The topological polar surface area (TPSA) is 40.0 Å². The Morgan fingerprint density at radius 1 is 1.00 bits per heavy atom. The minimum Gasteiger partial charge on any atom is -0.493 e. The van der Waals surface area contributed by atoms with Crippen molar-refractivity contribution in [3.63, 3.8) is 0 Å². The molecule has 4 heteroatoms. The van der Waals surface area contributed by atoms with E-state index in [4.69, 9.17) is 14.3 Å². The first-order valence-corrected chi connectivity index (χ1v) is 11.3. The number of hydrogen-bond acceptors (Lipinski definition) is 4. The molecule has 0 aliphatic heterocycles. The van der Waals surface area contributed by atoms with E-state index in [1.807, 2.05) is 31.2 Å². The Morgan fingerprint density at radius 2 is 1.71 bits per heavy atom. The lowest BCUT2D eigenvalue weighted by atomic mass is 10.0. The number of unbranched alkanes of at least 4 members (excludes halogenated alkanes) is 1. The summed E-state index contributed by atoms with van der Waals surface area (Å²) in [6, 6.07) is 12.8. The Balaban J connectivity index is 1.80. The fraction of sp³-hybridized carbons (Fsp3) is 0.444. The maximum Gasteiger partial charge on any atom is 0.125 e. The number of benzene rings is 2. The molecule has 2 aromatic carbocycles. The van der Waals surface area contributed by atoms with Crippen LogP contribution in [-0.4, -0.2) is 26.0 Å². The van der Waals surface area contributed by atoms with Gasteiger partial charge in [0, 0.05) is 0 Å². The molecule has 4 nitrogen and oxygen atoms in total. The van der Waals surface area contributed by atoms with E-state index in [9.17, 15) is 0 Å². The first kappa shape index (κ1) is 24.5. The average molecular weight is 424 g/mol. The van der Waals surface area contributed by atoms with Crippen LogP contribution in [-0.2, 0) is 11.3 Å². The van der Waals surface area contributed by atoms with E-state index in [0.29, 0.717) is 6.61 Å². The molecule has 0 N–H and O–H groups in total. The largest absolute Gasteiger partial charge is 0.493 e. The predicted octanol–water partition coefficient (Wildman–Crippen LogP) is 6.81. The highest BCUT2D eigenvalue weighted by Gasteiger charge is 2.08. The number of aryl methyl sites for hydroxylation is 3. The monoisotopic (exact) mass is 423 g/mol. The molecule has 0 heterocycles. The van der Waals surface area contributed by atoms with E-state index >= 15 is 0 Å². The second-order valence-electron chi connectivity index (χ2n) is 7.74. The molecule has 0 atom stereocenters. The third kappa shape index (κ3) is 8.12. The van der Waals surface area contributed by atoms with E-state index in [1.54, 1.807) is 7.11 Å². The summed E-state index contributed by atoms with van der Waals surface area (Å²) in [5.41, 5.74) is 5.72. The summed E-state index contributed by atoms with van der Waals surface area (Å²) in [5, 5.41) is 4.16. The maximum atomic E-state index is 6.09. The Morgan fingerprint density at radius 3 is 2.32 bits per heavy atom. The van der Waals surface area contributed by atoms with E-state index < -0.39 is 0 Å². The molecule has 0 bridgehead atoms. The molecule has 0 aromatic heterocycles. The van der Waals surface area contributed by atoms with Crippen molar-refractivity contribution in [2.24, 2.45) is 5.16 Å². The summed E-state index contributed by atoms with van der Waals surface area (Å²) in [7, 11) is 1.60. The van der Waals surface area contributed by atoms with Gasteiger partial charge in [-0.2, -0.15) is 0 Å². The van der Waals surface area contributed by atoms with Crippen LogP contribution in [0.5, 0.6) is 11.5 Å². The Labute approximate surface area is 187 Å². The normalized spacial score (nSPS) is 11.7. The first-order valence-electron chi connectivity index (χ1n) is 11.3. The van der Waals surface area contributed by atoms with E-state index in [2.05, 4.69) is 50.2 Å². The second-order valence-corrected chi connectivity index (χ2v) is 7.74. The molecular weight excluding hydrogens is 386 g/mol. The Bertz CT molecular complexity index is 830. The Hall–Kier alpha value is -2.75. The zero-order valence-corrected chi connectivity index (χ0v) is 19.7. The number of rotatable bonds is 13. The standard InChI is InChI=1S/C27H37NO3/c1-6-8-17-30-25-19-21(3)27(22(4)20-25)31-18-10-9-12-23-13-15-24(16-14-23)26(11-7-2)28-29-5/h6,8,13-16,19-20H,7,9-12,17-18H2,1-5H3/b8-6+,28-26+. The van der Waals surface area contributed by atoms with E-state index in [-0.39, 0.29) is 0 Å². The quantitative estimate of drug-likeness (QED) is 0.154. The number of nitrogens with zero attached hydrogens (tertiary/aromatic N) is 1. The minimum atomic E-state index is 0.593. The number of hydrogen-bond donors (Lipinski definition) is 0. The van der Waals surface area contributed by atoms with Gasteiger partial charge in [0.25, 0.3) is 0 Å². The van der Waals surface area contributed by atoms with E-state index in [0.717, 1.165) is 72.6 Å². The fourth-order valence-corrected chi connectivity index (χ4v) is 3.52. The van der Waals surface area contributed by atoms with Gasteiger partial charge in [0.1, 0.15) is 25.2 Å². The summed E-state index contributed by atoms with van der Waals surface area (Å²) in [6.07, 6.45) is 9.12. The van der Waals surface area contributed by atoms with Crippen LogP contribution in [0.3, 0.4) is 0 Å². The second kappa shape index (κ2) is 13.5. The van der Waals surface area contributed by atoms with Gasteiger partial charge in [0.2, 0.25) is 0 Å². The number of oxime groups is 1. The minimum absolute atomic E-state index is 0.593. The van der Waals surface area contributed by atoms with Crippen molar-refractivity contribution in [1.29, 1.82) is 0 Å². The summed E-state index contributed by atoms with van der Waals surface area (Å²) in [6.45, 7) is 9.61. The molecule has 0 aliphatic carbocycles. The van der Waals surface area contributed by atoms with Crippen molar-refractivity contribution < 1.29 is 14.3 Å². The Kier molecular flexibility index (Phi) is 10.7. The average Bonchev–Trinajstić information content (AvgIpc) is 2.76. The molecule has 0 spiro atoms. The SMILES string of the molecule is C/C=C/COc1cc(C)c(OCCCCc2ccc(/C(CCC)=N/OC)cc2)c(C)c1. The smallest absolute Gasteiger partial charge is 0.125 e. The van der Waals surface area contributed by atoms with Gasteiger partial charge in [-0.25, -0.2) is 0 Å². The summed E-state index contributed by atoms with van der Waals surface area (Å²) < 4.78 is 11.8. The molecule has 0 fully saturated rings. The molecular formula is C27H37NO3. The highest BCUT2D eigenvalue weighted by Crippen LogP contribution is 2.28. The summed E-state index contributed by atoms with van der Waals surface area (Å²) in [5.74, 6) is 1.87. The van der Waals surface area contributed by atoms with Gasteiger partial charge in [-0.1, -0.05) is 54.9 Å². The van der Waals surface area contributed by atoms with E-state index in [1.165, 1.54) is 5.56 Å². The highest BCUT2D eigenvalue weighted by atomic mass is 16.6. The van der Waals surface area contributed by atoms with Gasteiger partial charge in [-0.05, 0) is 80.8 Å². The number of allylic oxidation sites excluding steroid dienone is 1. The van der Waals surface area contributed by atoms with Crippen LogP contribution in [0.4, 0.5) is 0 Å². The predicted molar refractivity (Wildman–Crippen MR) is 130 cm³/mol. The van der Waals surface area contributed by atoms with Crippen molar-refractivity contribution >= 4 is 5.71 Å². The van der Waals surface area contributed by atoms with Crippen molar-refractivity contribution in [2.75, 3.05) is 20.3 Å². The van der Waals surface area contributed by atoms with Gasteiger partial charge >= 0.3 is 0 Å². The number of ether oxygens (including phenoxy) is 2. The lowest BCUT2D eigenvalue weighted by Gasteiger charge is -2.14. The van der Waals surface area contributed by atoms with Gasteiger partial charge < -0.3 is 14.3 Å². The molecule has 0 radical (unpaired) electrons. The summed E-state index contributed by atoms with van der Waals surface area (Å²) in [4.78, 5) is 4.98. The van der Waals surface area contributed by atoms with Crippen molar-refractivity contribution in [3.05, 3.63) is 70.8 Å². The third-order valence-electron chi connectivity index (χ3n) is 5.10. The zero-order chi connectivity index (χ0) is 22.5. The van der Waals surface area contributed by atoms with Crippen LogP contribution in [0.2, 0.25) is 0 Å². The molecule has 31 heavy (non-hydrogen) atoms. The molecule has 0 unspecified atom stereocenters. The zero-order valence-electron chi connectivity index (χ0n) is 19.7. The van der Waals surface area contributed by atoms with Gasteiger partial charge in [0.05, 0.1) is 12.3 Å². The van der Waals surface area contributed by atoms with Gasteiger partial charge in [-0.3, -0.25) is 0 Å². The molecule has 0 saturated carbocycles. The summed E-state index contributed by atoms with van der Waals surface area (Å²) >= 11 is 0. The maximum absolute atomic E-state index is 6.09. The van der Waals surface area contributed by atoms with Crippen LogP contribution in [0.25, 0.3) is 0 Å². The van der Waals surface area contributed by atoms with Crippen LogP contribution < -0.4 is 9.47 Å². The van der Waals surface area contributed by atoms with Crippen LogP contribution in [0.1, 0.15) is 61.8 Å².